The van der Waals surface area contributed by atoms with E-state index in [0.717, 1.165) is 19.4 Å². The Morgan fingerprint density at radius 1 is 1.53 bits per heavy atom. The molecule has 1 heterocycles. The number of rotatable bonds is 7. The van der Waals surface area contributed by atoms with Crippen LogP contribution in [0.5, 0.6) is 0 Å². The van der Waals surface area contributed by atoms with Gasteiger partial charge in [-0.3, -0.25) is 4.68 Å². The van der Waals surface area contributed by atoms with Crippen molar-refractivity contribution < 1.29 is 5.11 Å². The van der Waals surface area contributed by atoms with Gasteiger partial charge in [0.05, 0.1) is 6.20 Å². The van der Waals surface area contributed by atoms with E-state index in [4.69, 9.17) is 5.11 Å². The second kappa shape index (κ2) is 7.06. The molecule has 0 aromatic carbocycles. The van der Waals surface area contributed by atoms with Crippen molar-refractivity contribution in [3.8, 4) is 0 Å². The van der Waals surface area contributed by atoms with Crippen LogP contribution in [0.4, 0.5) is 0 Å². The number of aryl methyl sites for hydroxylation is 1. The van der Waals surface area contributed by atoms with Gasteiger partial charge in [0.15, 0.2) is 0 Å². The quantitative estimate of drug-likeness (QED) is 0.794. The Bertz CT molecular complexity index is 383. The molecule has 0 aliphatic heterocycles. The summed E-state index contributed by atoms with van der Waals surface area (Å²) in [6, 6.07) is 0.454. The molecule has 0 saturated heterocycles. The topological polar surface area (TPSA) is 50.1 Å². The number of nitrogens with one attached hydrogen (secondary N) is 1. The fourth-order valence-electron chi connectivity index (χ4n) is 3.17. The van der Waals surface area contributed by atoms with Gasteiger partial charge in [0.2, 0.25) is 0 Å². The van der Waals surface area contributed by atoms with Crippen molar-refractivity contribution in [2.75, 3.05) is 13.2 Å². The Labute approximate surface area is 116 Å². The van der Waals surface area contributed by atoms with Crippen molar-refractivity contribution in [1.29, 1.82) is 0 Å². The summed E-state index contributed by atoms with van der Waals surface area (Å²) in [5, 5.41) is 17.2. The molecule has 2 unspecified atom stereocenters. The van der Waals surface area contributed by atoms with Gasteiger partial charge in [-0.15, -0.1) is 0 Å². The van der Waals surface area contributed by atoms with Crippen LogP contribution in [0.3, 0.4) is 0 Å². The number of hydrogen-bond donors (Lipinski definition) is 2. The van der Waals surface area contributed by atoms with Gasteiger partial charge in [0.25, 0.3) is 0 Å². The smallest absolute Gasteiger partial charge is 0.0540 e. The largest absolute Gasteiger partial charge is 0.396 e. The van der Waals surface area contributed by atoms with Gasteiger partial charge in [0, 0.05) is 31.0 Å². The SMILES string of the molecule is CCCC(CCO)CNC1CCCc2c1cnn2C. The first-order valence-electron chi connectivity index (χ1n) is 7.61. The fourth-order valence-corrected chi connectivity index (χ4v) is 3.17. The maximum Gasteiger partial charge on any atom is 0.0540 e. The number of hydrogen-bond acceptors (Lipinski definition) is 3. The predicted molar refractivity (Wildman–Crippen MR) is 77.0 cm³/mol. The molecular formula is C15H27N3O. The summed E-state index contributed by atoms with van der Waals surface area (Å²) in [6.07, 6.45) is 8.91. The number of nitrogens with zero attached hydrogens (tertiary/aromatic N) is 2. The van der Waals surface area contributed by atoms with Crippen LogP contribution in [0.2, 0.25) is 0 Å². The first-order chi connectivity index (χ1) is 9.26. The summed E-state index contributed by atoms with van der Waals surface area (Å²) in [5.74, 6) is 0.594. The van der Waals surface area contributed by atoms with E-state index in [-0.39, 0.29) is 0 Å². The normalized spacial score (nSPS) is 20.3. The average Bonchev–Trinajstić information content (AvgIpc) is 2.79. The summed E-state index contributed by atoms with van der Waals surface area (Å²) >= 11 is 0. The molecule has 108 valence electrons. The van der Waals surface area contributed by atoms with E-state index >= 15 is 0 Å². The highest BCUT2D eigenvalue weighted by atomic mass is 16.3. The van der Waals surface area contributed by atoms with E-state index in [1.807, 2.05) is 17.9 Å². The van der Waals surface area contributed by atoms with Crippen molar-refractivity contribution >= 4 is 0 Å². The van der Waals surface area contributed by atoms with Crippen LogP contribution < -0.4 is 5.32 Å². The zero-order valence-corrected chi connectivity index (χ0v) is 12.2. The van der Waals surface area contributed by atoms with Crippen LogP contribution in [-0.4, -0.2) is 28.0 Å². The summed E-state index contributed by atoms with van der Waals surface area (Å²) in [4.78, 5) is 0. The number of fused-ring (bicyclic) bond motifs is 1. The van der Waals surface area contributed by atoms with Crippen molar-refractivity contribution in [3.05, 3.63) is 17.5 Å². The maximum absolute atomic E-state index is 9.12. The van der Waals surface area contributed by atoms with E-state index in [0.29, 0.717) is 18.6 Å². The maximum atomic E-state index is 9.12. The predicted octanol–water partition coefficient (Wildman–Crippen LogP) is 2.19. The first kappa shape index (κ1) is 14.5. The molecule has 2 rings (SSSR count). The van der Waals surface area contributed by atoms with Crippen LogP contribution in [0.15, 0.2) is 6.20 Å². The highest BCUT2D eigenvalue weighted by Gasteiger charge is 2.23. The minimum Gasteiger partial charge on any atom is -0.396 e. The first-order valence-corrected chi connectivity index (χ1v) is 7.61. The number of aromatic nitrogens is 2. The van der Waals surface area contributed by atoms with Gasteiger partial charge in [0.1, 0.15) is 0 Å². The monoisotopic (exact) mass is 265 g/mol. The summed E-state index contributed by atoms with van der Waals surface area (Å²) < 4.78 is 2.01. The summed E-state index contributed by atoms with van der Waals surface area (Å²) in [6.45, 7) is 3.52. The van der Waals surface area contributed by atoms with E-state index in [1.54, 1.807) is 0 Å². The third-order valence-electron chi connectivity index (χ3n) is 4.26. The zero-order chi connectivity index (χ0) is 13.7. The highest BCUT2D eigenvalue weighted by Crippen LogP contribution is 2.29. The molecule has 0 radical (unpaired) electrons. The van der Waals surface area contributed by atoms with E-state index < -0.39 is 0 Å². The minimum absolute atomic E-state index is 0.301. The second-order valence-corrected chi connectivity index (χ2v) is 5.69. The third-order valence-corrected chi connectivity index (χ3v) is 4.26. The lowest BCUT2D eigenvalue weighted by Gasteiger charge is -2.26. The fraction of sp³-hybridized carbons (Fsp3) is 0.800. The molecule has 0 spiro atoms. The molecule has 0 fully saturated rings. The van der Waals surface area contributed by atoms with Crippen molar-refractivity contribution in [2.45, 2.75) is 51.5 Å². The van der Waals surface area contributed by atoms with Crippen molar-refractivity contribution in [1.82, 2.24) is 15.1 Å². The van der Waals surface area contributed by atoms with Crippen molar-refractivity contribution in [3.63, 3.8) is 0 Å². The lowest BCUT2D eigenvalue weighted by atomic mass is 9.92. The van der Waals surface area contributed by atoms with Gasteiger partial charge >= 0.3 is 0 Å². The Balaban J connectivity index is 1.92. The standard InChI is InChI=1S/C15H27N3O/c1-3-5-12(8-9-19)10-16-14-6-4-7-15-13(14)11-17-18(15)2/h11-12,14,16,19H,3-10H2,1-2H3. The van der Waals surface area contributed by atoms with Crippen molar-refractivity contribution in [2.24, 2.45) is 13.0 Å². The average molecular weight is 265 g/mol. The lowest BCUT2D eigenvalue weighted by molar-refractivity contribution is 0.243. The molecule has 0 bridgehead atoms. The Kier molecular flexibility index (Phi) is 5.40. The van der Waals surface area contributed by atoms with E-state index in [9.17, 15) is 0 Å². The highest BCUT2D eigenvalue weighted by molar-refractivity contribution is 5.24. The molecule has 1 aromatic heterocycles. The Morgan fingerprint density at radius 2 is 2.37 bits per heavy atom. The molecule has 0 saturated carbocycles. The third kappa shape index (κ3) is 3.57. The molecule has 1 aromatic rings. The molecule has 2 atom stereocenters. The molecule has 19 heavy (non-hydrogen) atoms. The van der Waals surface area contributed by atoms with Crippen LogP contribution >= 0.6 is 0 Å². The van der Waals surface area contributed by atoms with E-state index in [2.05, 4.69) is 17.3 Å². The molecule has 0 amide bonds. The van der Waals surface area contributed by atoms with Crippen LogP contribution in [-0.2, 0) is 13.5 Å². The van der Waals surface area contributed by atoms with E-state index in [1.165, 1.54) is 36.9 Å². The second-order valence-electron chi connectivity index (χ2n) is 5.69. The summed E-state index contributed by atoms with van der Waals surface area (Å²) in [5.41, 5.74) is 2.77. The van der Waals surface area contributed by atoms with Gasteiger partial charge < -0.3 is 10.4 Å². The van der Waals surface area contributed by atoms with Crippen LogP contribution in [0, 0.1) is 5.92 Å². The Morgan fingerprint density at radius 3 is 3.11 bits per heavy atom. The Hall–Kier alpha value is -0.870. The van der Waals surface area contributed by atoms with Crippen LogP contribution in [0.25, 0.3) is 0 Å². The molecule has 4 heteroatoms. The van der Waals surface area contributed by atoms with Gasteiger partial charge in [-0.05, 0) is 44.6 Å². The lowest BCUT2D eigenvalue weighted by Crippen LogP contribution is -2.30. The molecular weight excluding hydrogens is 238 g/mol. The van der Waals surface area contributed by atoms with Gasteiger partial charge in [-0.25, -0.2) is 0 Å². The van der Waals surface area contributed by atoms with Gasteiger partial charge in [-0.2, -0.15) is 5.10 Å². The number of aliphatic hydroxyl groups excluding tert-OH is 1. The molecule has 1 aliphatic rings. The molecule has 2 N–H and O–H groups in total. The minimum atomic E-state index is 0.301. The summed E-state index contributed by atoms with van der Waals surface area (Å²) in [7, 11) is 2.03. The molecule has 1 aliphatic carbocycles. The zero-order valence-electron chi connectivity index (χ0n) is 12.2. The van der Waals surface area contributed by atoms with Crippen LogP contribution in [0.1, 0.15) is 56.3 Å². The molecule has 4 nitrogen and oxygen atoms in total. The number of aliphatic hydroxyl groups is 1. The van der Waals surface area contributed by atoms with Gasteiger partial charge in [-0.1, -0.05) is 13.3 Å².